The number of quaternary nitrogens is 1. The van der Waals surface area contributed by atoms with Crippen LogP contribution in [0.1, 0.15) is 11.1 Å². The fourth-order valence-electron chi connectivity index (χ4n) is 3.18. The summed E-state index contributed by atoms with van der Waals surface area (Å²) in [4.78, 5) is 25.5. The third kappa shape index (κ3) is 4.18. The number of carbonyl (C=O) groups is 2. The van der Waals surface area contributed by atoms with Crippen molar-refractivity contribution in [2.75, 3.05) is 19.0 Å². The van der Waals surface area contributed by atoms with Crippen LogP contribution >= 0.6 is 11.6 Å². The van der Waals surface area contributed by atoms with Crippen LogP contribution in [0.15, 0.2) is 48.5 Å². The third-order valence-electron chi connectivity index (χ3n) is 4.45. The summed E-state index contributed by atoms with van der Waals surface area (Å²) in [5, 5.41) is 3.46. The maximum atomic E-state index is 12.4. The Morgan fingerprint density at radius 3 is 2.52 bits per heavy atom. The number of rotatable bonds is 4. The van der Waals surface area contributed by atoms with Gasteiger partial charge in [-0.3, -0.25) is 4.79 Å². The van der Waals surface area contributed by atoms with E-state index in [1.807, 2.05) is 24.3 Å². The van der Waals surface area contributed by atoms with Gasteiger partial charge in [-0.25, -0.2) is 4.79 Å². The minimum atomic E-state index is -0.379. The van der Waals surface area contributed by atoms with Crippen molar-refractivity contribution in [3.8, 4) is 0 Å². The molecule has 2 aromatic rings. The lowest BCUT2D eigenvalue weighted by Crippen LogP contribution is -3.17. The molecular weight excluding hydrogens is 340 g/mol. The molecule has 0 saturated heterocycles. The van der Waals surface area contributed by atoms with Crippen molar-refractivity contribution in [3.05, 3.63) is 64.7 Å². The van der Waals surface area contributed by atoms with Gasteiger partial charge in [0.25, 0.3) is 5.91 Å². The van der Waals surface area contributed by atoms with Gasteiger partial charge in [-0.2, -0.15) is 0 Å². The van der Waals surface area contributed by atoms with E-state index in [0.29, 0.717) is 23.7 Å². The zero-order chi connectivity index (χ0) is 17.8. The maximum Gasteiger partial charge on any atom is 0.365 e. The molecule has 1 aliphatic rings. The van der Waals surface area contributed by atoms with E-state index in [1.54, 1.807) is 24.3 Å². The number of hydrogen-bond acceptors (Lipinski definition) is 3. The second kappa shape index (κ2) is 7.68. The van der Waals surface area contributed by atoms with E-state index in [9.17, 15) is 9.59 Å². The predicted molar refractivity (Wildman–Crippen MR) is 95.6 cm³/mol. The van der Waals surface area contributed by atoms with Gasteiger partial charge in [-0.1, -0.05) is 35.9 Å². The molecule has 0 aliphatic carbocycles. The van der Waals surface area contributed by atoms with Crippen molar-refractivity contribution < 1.29 is 19.2 Å². The average molecular weight is 360 g/mol. The summed E-state index contributed by atoms with van der Waals surface area (Å²) in [7, 11) is 1.38. The summed E-state index contributed by atoms with van der Waals surface area (Å²) in [6.45, 7) is 0.806. The van der Waals surface area contributed by atoms with Crippen LogP contribution in [0.2, 0.25) is 5.02 Å². The van der Waals surface area contributed by atoms with Gasteiger partial charge >= 0.3 is 5.97 Å². The highest BCUT2D eigenvalue weighted by Gasteiger charge is 2.37. The number of hydrogen-bond donors (Lipinski definition) is 2. The molecule has 0 aromatic heterocycles. The summed E-state index contributed by atoms with van der Waals surface area (Å²) < 4.78 is 4.94. The standard InChI is InChI=1S/C19H19ClN2O3/c1-25-19(24)17-10-13-4-2-3-5-14(13)11-22(17)12-18(23)21-16-8-6-15(20)7-9-16/h2-9,17H,10-12H2,1H3,(H,21,23)/p+1/t17-/m1/s1. The second-order valence-electron chi connectivity index (χ2n) is 6.12. The molecule has 2 aromatic carbocycles. The zero-order valence-corrected chi connectivity index (χ0v) is 14.7. The van der Waals surface area contributed by atoms with Gasteiger partial charge in [-0.15, -0.1) is 0 Å². The van der Waals surface area contributed by atoms with Crippen molar-refractivity contribution in [2.45, 2.75) is 19.0 Å². The third-order valence-corrected chi connectivity index (χ3v) is 4.71. The Labute approximate surface area is 151 Å². The summed E-state index contributed by atoms with van der Waals surface area (Å²) in [6, 6.07) is 14.6. The Morgan fingerprint density at radius 2 is 1.84 bits per heavy atom. The molecule has 3 rings (SSSR count). The van der Waals surface area contributed by atoms with Crippen LogP contribution < -0.4 is 10.2 Å². The maximum absolute atomic E-state index is 12.4. The molecule has 1 unspecified atom stereocenters. The Morgan fingerprint density at radius 1 is 1.16 bits per heavy atom. The van der Waals surface area contributed by atoms with Gasteiger partial charge in [0, 0.05) is 22.7 Å². The lowest BCUT2D eigenvalue weighted by Gasteiger charge is -2.31. The van der Waals surface area contributed by atoms with Crippen molar-refractivity contribution in [3.63, 3.8) is 0 Å². The fraction of sp³-hybridized carbons (Fsp3) is 0.263. The summed E-state index contributed by atoms with van der Waals surface area (Å²) in [5.41, 5.74) is 2.98. The van der Waals surface area contributed by atoms with Crippen LogP contribution in [0.4, 0.5) is 5.69 Å². The highest BCUT2D eigenvalue weighted by molar-refractivity contribution is 6.30. The molecule has 0 bridgehead atoms. The molecule has 0 spiro atoms. The summed E-state index contributed by atoms with van der Waals surface area (Å²) in [6.07, 6.45) is 0.576. The Kier molecular flexibility index (Phi) is 5.36. The number of anilines is 1. The van der Waals surface area contributed by atoms with Gasteiger partial charge in [0.15, 0.2) is 12.6 Å². The number of fused-ring (bicyclic) bond motifs is 1. The van der Waals surface area contributed by atoms with E-state index in [4.69, 9.17) is 16.3 Å². The van der Waals surface area contributed by atoms with E-state index in [2.05, 4.69) is 5.32 Å². The number of carbonyl (C=O) groups excluding carboxylic acids is 2. The molecule has 2 atom stereocenters. The average Bonchev–Trinajstić information content (AvgIpc) is 2.62. The van der Waals surface area contributed by atoms with E-state index >= 15 is 0 Å². The molecule has 1 amide bonds. The first-order valence-electron chi connectivity index (χ1n) is 8.11. The number of benzene rings is 2. The molecule has 0 fully saturated rings. The minimum Gasteiger partial charge on any atom is -0.465 e. The van der Waals surface area contributed by atoms with Crippen LogP contribution in [0.25, 0.3) is 0 Å². The largest absolute Gasteiger partial charge is 0.465 e. The fourth-order valence-corrected chi connectivity index (χ4v) is 3.31. The highest BCUT2D eigenvalue weighted by Crippen LogP contribution is 2.15. The van der Waals surface area contributed by atoms with Crippen LogP contribution in [-0.4, -0.2) is 31.6 Å². The Bertz CT molecular complexity index is 776. The first kappa shape index (κ1) is 17.5. The SMILES string of the molecule is COC(=O)[C@H]1Cc2ccccc2C[NH+]1CC(=O)Nc1ccc(Cl)cc1. The molecule has 130 valence electrons. The quantitative estimate of drug-likeness (QED) is 0.813. The van der Waals surface area contributed by atoms with Gasteiger partial charge in [0.05, 0.1) is 7.11 Å². The highest BCUT2D eigenvalue weighted by atomic mass is 35.5. The molecule has 6 heteroatoms. The van der Waals surface area contributed by atoms with Crippen LogP contribution in [0.3, 0.4) is 0 Å². The molecule has 5 nitrogen and oxygen atoms in total. The number of halogens is 1. The number of amides is 1. The number of esters is 1. The van der Waals surface area contributed by atoms with Gasteiger partial charge in [-0.05, 0) is 29.8 Å². The molecule has 0 saturated carbocycles. The topological polar surface area (TPSA) is 59.8 Å². The van der Waals surface area contributed by atoms with Gasteiger partial charge < -0.3 is 15.0 Å². The lowest BCUT2D eigenvalue weighted by molar-refractivity contribution is -0.924. The van der Waals surface area contributed by atoms with Crippen LogP contribution in [-0.2, 0) is 27.3 Å². The second-order valence-corrected chi connectivity index (χ2v) is 6.55. The molecule has 2 N–H and O–H groups in total. The van der Waals surface area contributed by atoms with Gasteiger partial charge in [0.2, 0.25) is 0 Å². The first-order chi connectivity index (χ1) is 12.1. The van der Waals surface area contributed by atoms with E-state index < -0.39 is 0 Å². The summed E-state index contributed by atoms with van der Waals surface area (Å²) >= 11 is 5.85. The normalized spacial score (nSPS) is 19.0. The Balaban J connectivity index is 1.73. The number of methoxy groups -OCH3 is 1. The van der Waals surface area contributed by atoms with Crippen LogP contribution in [0, 0.1) is 0 Å². The van der Waals surface area contributed by atoms with E-state index in [1.165, 1.54) is 7.11 Å². The molecule has 25 heavy (non-hydrogen) atoms. The first-order valence-corrected chi connectivity index (χ1v) is 8.49. The van der Waals surface area contributed by atoms with Crippen LogP contribution in [0.5, 0.6) is 0 Å². The molecule has 1 aliphatic heterocycles. The smallest absolute Gasteiger partial charge is 0.365 e. The molecule has 1 heterocycles. The molecular formula is C19H20ClN2O3+. The monoisotopic (exact) mass is 359 g/mol. The predicted octanol–water partition coefficient (Wildman–Crippen LogP) is 1.46. The van der Waals surface area contributed by atoms with E-state index in [-0.39, 0.29) is 24.5 Å². The van der Waals surface area contributed by atoms with Crippen molar-refractivity contribution >= 4 is 29.2 Å². The zero-order valence-electron chi connectivity index (χ0n) is 13.9. The van der Waals surface area contributed by atoms with Crippen molar-refractivity contribution in [1.82, 2.24) is 0 Å². The van der Waals surface area contributed by atoms with E-state index in [0.717, 1.165) is 16.0 Å². The summed E-state index contributed by atoms with van der Waals surface area (Å²) in [5.74, 6) is -0.436. The lowest BCUT2D eigenvalue weighted by atomic mass is 9.94. The van der Waals surface area contributed by atoms with Gasteiger partial charge in [0.1, 0.15) is 6.54 Å². The number of nitrogens with one attached hydrogen (secondary N) is 2. The number of ether oxygens (including phenoxy) is 1. The molecule has 0 radical (unpaired) electrons. The minimum absolute atomic E-state index is 0.148. The van der Waals surface area contributed by atoms with Crippen molar-refractivity contribution in [1.29, 1.82) is 0 Å². The van der Waals surface area contributed by atoms with Crippen molar-refractivity contribution in [2.24, 2.45) is 0 Å². The Hall–Kier alpha value is -2.37.